The highest BCUT2D eigenvalue weighted by Crippen LogP contribution is 2.32. The molecule has 17 heavy (non-hydrogen) atoms. The van der Waals surface area contributed by atoms with E-state index < -0.39 is 5.97 Å². The largest absolute Gasteiger partial charge is 0.481 e. The molecule has 2 unspecified atom stereocenters. The van der Waals surface area contributed by atoms with Crippen LogP contribution in [0.15, 0.2) is 0 Å². The molecule has 0 radical (unpaired) electrons. The standard InChI is InChI=1S/C13H22N2O2/c16-13(17)11-2-1-3-12(11)15-8-6-14(7-9-15)10-4-5-10/h10-12H,1-9H2,(H,16,17). The van der Waals surface area contributed by atoms with Crippen LogP contribution in [0.5, 0.6) is 0 Å². The van der Waals surface area contributed by atoms with Gasteiger partial charge in [0.2, 0.25) is 0 Å². The molecule has 2 saturated carbocycles. The summed E-state index contributed by atoms with van der Waals surface area (Å²) in [4.78, 5) is 16.2. The second kappa shape index (κ2) is 4.58. The molecule has 0 bridgehead atoms. The van der Waals surface area contributed by atoms with E-state index in [-0.39, 0.29) is 5.92 Å². The summed E-state index contributed by atoms with van der Waals surface area (Å²) in [5.41, 5.74) is 0. The molecule has 4 heteroatoms. The quantitative estimate of drug-likeness (QED) is 0.797. The fourth-order valence-corrected chi connectivity index (χ4v) is 3.54. The summed E-state index contributed by atoms with van der Waals surface area (Å²) < 4.78 is 0. The highest BCUT2D eigenvalue weighted by Gasteiger charge is 2.39. The Balaban J connectivity index is 1.56. The van der Waals surface area contributed by atoms with E-state index in [1.165, 1.54) is 12.8 Å². The van der Waals surface area contributed by atoms with Gasteiger partial charge in [-0.05, 0) is 25.7 Å². The third kappa shape index (κ3) is 2.33. The predicted molar refractivity (Wildman–Crippen MR) is 64.9 cm³/mol. The number of carboxylic acid groups (broad SMARTS) is 1. The second-order valence-electron chi connectivity index (χ2n) is 5.75. The summed E-state index contributed by atoms with van der Waals surface area (Å²) in [7, 11) is 0. The van der Waals surface area contributed by atoms with Gasteiger partial charge in [0.15, 0.2) is 0 Å². The van der Waals surface area contributed by atoms with Gasteiger partial charge in [-0.15, -0.1) is 0 Å². The lowest BCUT2D eigenvalue weighted by molar-refractivity contribution is -0.143. The Morgan fingerprint density at radius 3 is 2.18 bits per heavy atom. The molecule has 1 aliphatic heterocycles. The lowest BCUT2D eigenvalue weighted by atomic mass is 10.0. The predicted octanol–water partition coefficient (Wildman–Crippen LogP) is 1.02. The molecule has 3 aliphatic rings. The van der Waals surface area contributed by atoms with E-state index >= 15 is 0 Å². The monoisotopic (exact) mass is 238 g/mol. The molecule has 0 amide bonds. The molecule has 3 fully saturated rings. The van der Waals surface area contributed by atoms with Crippen LogP contribution in [0.3, 0.4) is 0 Å². The number of carboxylic acids is 1. The summed E-state index contributed by atoms with van der Waals surface area (Å²) >= 11 is 0. The Kier molecular flexibility index (Phi) is 3.09. The zero-order valence-corrected chi connectivity index (χ0v) is 10.3. The molecular weight excluding hydrogens is 216 g/mol. The topological polar surface area (TPSA) is 43.8 Å². The van der Waals surface area contributed by atoms with Crippen molar-refractivity contribution >= 4 is 5.97 Å². The van der Waals surface area contributed by atoms with Crippen LogP contribution >= 0.6 is 0 Å². The van der Waals surface area contributed by atoms with Crippen molar-refractivity contribution < 1.29 is 9.90 Å². The highest BCUT2D eigenvalue weighted by molar-refractivity contribution is 5.71. The molecule has 96 valence electrons. The van der Waals surface area contributed by atoms with E-state index in [0.29, 0.717) is 6.04 Å². The van der Waals surface area contributed by atoms with E-state index in [2.05, 4.69) is 9.80 Å². The lowest BCUT2D eigenvalue weighted by Crippen LogP contribution is -2.52. The lowest BCUT2D eigenvalue weighted by Gasteiger charge is -2.39. The van der Waals surface area contributed by atoms with Gasteiger partial charge in [-0.2, -0.15) is 0 Å². The van der Waals surface area contributed by atoms with Crippen molar-refractivity contribution in [1.29, 1.82) is 0 Å². The van der Waals surface area contributed by atoms with Crippen LogP contribution in [0.4, 0.5) is 0 Å². The minimum Gasteiger partial charge on any atom is -0.481 e. The molecule has 3 rings (SSSR count). The van der Waals surface area contributed by atoms with E-state index in [1.807, 2.05) is 0 Å². The van der Waals surface area contributed by atoms with Gasteiger partial charge < -0.3 is 5.11 Å². The molecular formula is C13H22N2O2. The molecule has 0 aromatic heterocycles. The highest BCUT2D eigenvalue weighted by atomic mass is 16.4. The van der Waals surface area contributed by atoms with Crippen molar-refractivity contribution in [3.8, 4) is 0 Å². The maximum atomic E-state index is 11.2. The fraction of sp³-hybridized carbons (Fsp3) is 0.923. The maximum Gasteiger partial charge on any atom is 0.308 e. The van der Waals surface area contributed by atoms with E-state index in [0.717, 1.165) is 51.5 Å². The average Bonchev–Trinajstić information content (AvgIpc) is 3.06. The van der Waals surface area contributed by atoms with Gasteiger partial charge in [0.25, 0.3) is 0 Å². The molecule has 0 spiro atoms. The minimum atomic E-state index is -0.586. The SMILES string of the molecule is O=C(O)C1CCCC1N1CCN(C2CC2)CC1. The van der Waals surface area contributed by atoms with Gasteiger partial charge >= 0.3 is 5.97 Å². The first kappa shape index (κ1) is 11.5. The Morgan fingerprint density at radius 2 is 1.59 bits per heavy atom. The molecule has 2 atom stereocenters. The van der Waals surface area contributed by atoms with Gasteiger partial charge in [-0.3, -0.25) is 14.6 Å². The minimum absolute atomic E-state index is 0.109. The van der Waals surface area contributed by atoms with Crippen molar-refractivity contribution in [3.63, 3.8) is 0 Å². The summed E-state index contributed by atoms with van der Waals surface area (Å²) in [6, 6.07) is 1.17. The van der Waals surface area contributed by atoms with Gasteiger partial charge in [-0.1, -0.05) is 6.42 Å². The number of rotatable bonds is 3. The van der Waals surface area contributed by atoms with Crippen LogP contribution in [0.1, 0.15) is 32.1 Å². The van der Waals surface area contributed by atoms with Gasteiger partial charge in [-0.25, -0.2) is 0 Å². The van der Waals surface area contributed by atoms with E-state index in [1.54, 1.807) is 0 Å². The van der Waals surface area contributed by atoms with Gasteiger partial charge in [0.05, 0.1) is 5.92 Å². The Labute approximate surface area is 103 Å². The van der Waals surface area contributed by atoms with Crippen LogP contribution in [-0.4, -0.2) is 59.1 Å². The summed E-state index contributed by atoms with van der Waals surface area (Å²) in [5, 5.41) is 9.23. The van der Waals surface area contributed by atoms with Crippen LogP contribution in [-0.2, 0) is 4.79 Å². The summed E-state index contributed by atoms with van der Waals surface area (Å²) in [6.07, 6.45) is 5.80. The second-order valence-corrected chi connectivity index (χ2v) is 5.75. The maximum absolute atomic E-state index is 11.2. The number of aliphatic carboxylic acids is 1. The van der Waals surface area contributed by atoms with Crippen LogP contribution in [0.25, 0.3) is 0 Å². The van der Waals surface area contributed by atoms with Crippen molar-refractivity contribution in [2.45, 2.75) is 44.2 Å². The van der Waals surface area contributed by atoms with E-state index in [9.17, 15) is 9.90 Å². The van der Waals surface area contributed by atoms with Gasteiger partial charge in [0.1, 0.15) is 0 Å². The molecule has 1 N–H and O–H groups in total. The first-order chi connectivity index (χ1) is 8.25. The Bertz CT molecular complexity index is 296. The molecule has 1 saturated heterocycles. The molecule has 0 aromatic rings. The molecule has 1 heterocycles. The van der Waals surface area contributed by atoms with Crippen molar-refractivity contribution in [2.75, 3.05) is 26.2 Å². The molecule has 2 aliphatic carbocycles. The first-order valence-electron chi connectivity index (χ1n) is 6.96. The van der Waals surface area contributed by atoms with Crippen molar-refractivity contribution in [2.24, 2.45) is 5.92 Å². The third-order valence-corrected chi connectivity index (χ3v) is 4.68. The normalized spacial score (nSPS) is 36.2. The Hall–Kier alpha value is -0.610. The first-order valence-corrected chi connectivity index (χ1v) is 6.96. The van der Waals surface area contributed by atoms with Crippen LogP contribution in [0, 0.1) is 5.92 Å². The number of nitrogens with zero attached hydrogens (tertiary/aromatic N) is 2. The zero-order chi connectivity index (χ0) is 11.8. The number of carbonyl (C=O) groups is 1. The average molecular weight is 238 g/mol. The van der Waals surface area contributed by atoms with Crippen LogP contribution < -0.4 is 0 Å². The molecule has 0 aromatic carbocycles. The van der Waals surface area contributed by atoms with E-state index in [4.69, 9.17) is 0 Å². The Morgan fingerprint density at radius 1 is 0.941 bits per heavy atom. The zero-order valence-electron chi connectivity index (χ0n) is 10.3. The number of hydrogen-bond donors (Lipinski definition) is 1. The number of hydrogen-bond acceptors (Lipinski definition) is 3. The fourth-order valence-electron chi connectivity index (χ4n) is 3.54. The van der Waals surface area contributed by atoms with Gasteiger partial charge in [0, 0.05) is 38.3 Å². The van der Waals surface area contributed by atoms with Crippen molar-refractivity contribution in [3.05, 3.63) is 0 Å². The molecule has 4 nitrogen and oxygen atoms in total. The summed E-state index contributed by atoms with van der Waals surface area (Å²) in [6.45, 7) is 4.44. The number of piperazine rings is 1. The van der Waals surface area contributed by atoms with Crippen LogP contribution in [0.2, 0.25) is 0 Å². The third-order valence-electron chi connectivity index (χ3n) is 4.68. The van der Waals surface area contributed by atoms with Crippen molar-refractivity contribution in [1.82, 2.24) is 9.80 Å². The smallest absolute Gasteiger partial charge is 0.308 e. The summed E-state index contributed by atoms with van der Waals surface area (Å²) in [5.74, 6) is -0.695.